The lowest BCUT2D eigenvalue weighted by Gasteiger charge is -2.25. The van der Waals surface area contributed by atoms with E-state index in [1.165, 1.54) is 11.8 Å². The van der Waals surface area contributed by atoms with Gasteiger partial charge in [-0.3, -0.25) is 19.3 Å². The summed E-state index contributed by atoms with van der Waals surface area (Å²) < 4.78 is 0. The first-order valence-corrected chi connectivity index (χ1v) is 8.81. The first-order valence-electron chi connectivity index (χ1n) is 7.55. The second kappa shape index (κ2) is 6.90. The summed E-state index contributed by atoms with van der Waals surface area (Å²) in [7, 11) is 0. The molecule has 128 valence electrons. The molecule has 1 atom stereocenters. The summed E-state index contributed by atoms with van der Waals surface area (Å²) in [6.45, 7) is 3.25. The number of hydrogen-bond acceptors (Lipinski definition) is 4. The van der Waals surface area contributed by atoms with Crippen molar-refractivity contribution in [2.45, 2.75) is 19.2 Å². The molecule has 0 bridgehead atoms. The highest BCUT2D eigenvalue weighted by molar-refractivity contribution is 8.16. The van der Waals surface area contributed by atoms with Crippen molar-refractivity contribution in [2.75, 3.05) is 9.80 Å². The van der Waals surface area contributed by atoms with E-state index in [9.17, 15) is 14.4 Å². The third kappa shape index (κ3) is 3.41. The third-order valence-corrected chi connectivity index (χ3v) is 5.04. The van der Waals surface area contributed by atoms with Gasteiger partial charge in [0.15, 0.2) is 5.37 Å². The van der Waals surface area contributed by atoms with Crippen molar-refractivity contribution in [1.82, 2.24) is 0 Å². The van der Waals surface area contributed by atoms with Gasteiger partial charge in [-0.25, -0.2) is 4.90 Å². The molecule has 0 aliphatic carbocycles. The summed E-state index contributed by atoms with van der Waals surface area (Å²) in [6.07, 6.45) is 0. The number of aryl methyl sites for hydroxylation is 1. The molecule has 0 radical (unpaired) electrons. The van der Waals surface area contributed by atoms with E-state index in [0.29, 0.717) is 16.4 Å². The fourth-order valence-corrected chi connectivity index (χ4v) is 3.85. The molecule has 0 N–H and O–H groups in total. The molecular weight excluding hydrogens is 360 g/mol. The maximum atomic E-state index is 12.9. The first-order chi connectivity index (χ1) is 11.9. The van der Waals surface area contributed by atoms with Crippen LogP contribution in [0, 0.1) is 6.92 Å². The van der Waals surface area contributed by atoms with Gasteiger partial charge in [-0.15, -0.1) is 0 Å². The number of carbonyl (C=O) groups excluding carboxylic acids is 3. The Bertz CT molecular complexity index is 854. The molecule has 1 unspecified atom stereocenters. The minimum Gasteiger partial charge on any atom is -0.290 e. The molecule has 25 heavy (non-hydrogen) atoms. The number of halogens is 1. The van der Waals surface area contributed by atoms with Crippen LogP contribution in [0.15, 0.2) is 48.5 Å². The van der Waals surface area contributed by atoms with Gasteiger partial charge in [0, 0.05) is 17.6 Å². The van der Waals surface area contributed by atoms with Crippen LogP contribution in [-0.2, 0) is 9.59 Å². The van der Waals surface area contributed by atoms with Crippen molar-refractivity contribution < 1.29 is 14.4 Å². The van der Waals surface area contributed by atoms with Gasteiger partial charge in [0.05, 0.1) is 5.69 Å². The van der Waals surface area contributed by atoms with Crippen molar-refractivity contribution in [2.24, 2.45) is 0 Å². The second-order valence-corrected chi connectivity index (χ2v) is 7.08. The molecule has 0 saturated carbocycles. The number of thioether (sulfide) groups is 1. The Kier molecular flexibility index (Phi) is 4.83. The topological polar surface area (TPSA) is 57.7 Å². The van der Waals surface area contributed by atoms with Crippen LogP contribution in [0.25, 0.3) is 0 Å². The van der Waals surface area contributed by atoms with Gasteiger partial charge < -0.3 is 0 Å². The molecule has 3 rings (SSSR count). The molecule has 3 amide bonds. The van der Waals surface area contributed by atoms with E-state index in [2.05, 4.69) is 0 Å². The van der Waals surface area contributed by atoms with Crippen molar-refractivity contribution in [3.63, 3.8) is 0 Å². The highest BCUT2D eigenvalue weighted by Crippen LogP contribution is 2.36. The fraction of sp³-hybridized carbons (Fsp3) is 0.167. The van der Waals surface area contributed by atoms with E-state index < -0.39 is 16.5 Å². The van der Waals surface area contributed by atoms with Crippen LogP contribution in [0.5, 0.6) is 0 Å². The zero-order chi connectivity index (χ0) is 18.1. The SMILES string of the molecule is CC(=O)N(c1ccc(Cl)cc1)C1SC(=O)N(c2cccc(C)c2)C1=O. The number of carbonyl (C=O) groups is 3. The zero-order valence-corrected chi connectivity index (χ0v) is 15.2. The molecule has 2 aromatic rings. The molecule has 5 nitrogen and oxygen atoms in total. The zero-order valence-electron chi connectivity index (χ0n) is 13.6. The van der Waals surface area contributed by atoms with Crippen LogP contribution in [0.1, 0.15) is 12.5 Å². The van der Waals surface area contributed by atoms with E-state index in [4.69, 9.17) is 11.6 Å². The molecule has 2 aromatic carbocycles. The monoisotopic (exact) mass is 374 g/mol. The number of rotatable bonds is 3. The Morgan fingerprint density at radius 2 is 1.84 bits per heavy atom. The molecule has 0 spiro atoms. The van der Waals surface area contributed by atoms with E-state index in [-0.39, 0.29) is 5.91 Å². The van der Waals surface area contributed by atoms with E-state index in [1.807, 2.05) is 13.0 Å². The van der Waals surface area contributed by atoms with Gasteiger partial charge in [-0.2, -0.15) is 0 Å². The smallest absolute Gasteiger partial charge is 0.290 e. The van der Waals surface area contributed by atoms with Crippen LogP contribution in [0.2, 0.25) is 5.02 Å². The molecule has 1 fully saturated rings. The average molecular weight is 375 g/mol. The summed E-state index contributed by atoms with van der Waals surface area (Å²) in [4.78, 5) is 39.9. The number of hydrogen-bond donors (Lipinski definition) is 0. The minimum absolute atomic E-state index is 0.327. The van der Waals surface area contributed by atoms with Gasteiger partial charge in [-0.05, 0) is 60.6 Å². The molecular formula is C18H15ClN2O3S. The largest absolute Gasteiger partial charge is 0.295 e. The van der Waals surface area contributed by atoms with Crippen molar-refractivity contribution in [3.8, 4) is 0 Å². The molecule has 1 heterocycles. The number of anilines is 2. The molecule has 0 aromatic heterocycles. The average Bonchev–Trinajstić information content (AvgIpc) is 2.84. The Labute approximate surface area is 154 Å². The lowest BCUT2D eigenvalue weighted by Crippen LogP contribution is -2.44. The fourth-order valence-electron chi connectivity index (χ4n) is 2.65. The van der Waals surface area contributed by atoms with Crippen molar-refractivity contribution in [1.29, 1.82) is 0 Å². The molecule has 1 aliphatic heterocycles. The van der Waals surface area contributed by atoms with Crippen LogP contribution >= 0.6 is 23.4 Å². The summed E-state index contributed by atoms with van der Waals surface area (Å²) in [5.74, 6) is -0.766. The molecule has 7 heteroatoms. The standard InChI is InChI=1S/C18H15ClN2O3S/c1-11-4-3-5-15(10-11)21-16(23)17(25-18(21)24)20(12(2)22)14-8-6-13(19)7-9-14/h3-10,17H,1-2H3. The highest BCUT2D eigenvalue weighted by atomic mass is 35.5. The summed E-state index contributed by atoms with van der Waals surface area (Å²) >= 11 is 6.72. The number of imide groups is 1. The Balaban J connectivity index is 1.96. The predicted octanol–water partition coefficient (Wildman–Crippen LogP) is 4.23. The number of benzene rings is 2. The van der Waals surface area contributed by atoms with Crippen molar-refractivity contribution in [3.05, 3.63) is 59.1 Å². The first kappa shape index (κ1) is 17.5. The van der Waals surface area contributed by atoms with E-state index >= 15 is 0 Å². The summed E-state index contributed by atoms with van der Waals surface area (Å²) in [5.41, 5.74) is 1.96. The van der Waals surface area contributed by atoms with E-state index in [1.54, 1.807) is 42.5 Å². The van der Waals surface area contributed by atoms with Crippen LogP contribution in [-0.4, -0.2) is 22.4 Å². The lowest BCUT2D eigenvalue weighted by atomic mass is 10.2. The van der Waals surface area contributed by atoms with Gasteiger partial charge in [0.1, 0.15) is 0 Å². The van der Waals surface area contributed by atoms with Gasteiger partial charge in [0.25, 0.3) is 11.1 Å². The van der Waals surface area contributed by atoms with Crippen LogP contribution in [0.3, 0.4) is 0 Å². The maximum Gasteiger partial charge on any atom is 0.295 e. The quantitative estimate of drug-likeness (QED) is 0.806. The van der Waals surface area contributed by atoms with Crippen molar-refractivity contribution >= 4 is 51.8 Å². The van der Waals surface area contributed by atoms with Crippen LogP contribution in [0.4, 0.5) is 16.2 Å². The predicted molar refractivity (Wildman–Crippen MR) is 100 cm³/mol. The lowest BCUT2D eigenvalue weighted by molar-refractivity contribution is -0.121. The molecule has 1 aliphatic rings. The normalized spacial score (nSPS) is 17.1. The van der Waals surface area contributed by atoms with Gasteiger partial charge in [0.2, 0.25) is 5.91 Å². The van der Waals surface area contributed by atoms with E-state index in [0.717, 1.165) is 22.2 Å². The third-order valence-electron chi connectivity index (χ3n) is 3.77. The minimum atomic E-state index is -0.938. The second-order valence-electron chi connectivity index (χ2n) is 5.61. The number of nitrogens with zero attached hydrogens (tertiary/aromatic N) is 2. The van der Waals surface area contributed by atoms with Crippen LogP contribution < -0.4 is 9.80 Å². The number of amides is 3. The maximum absolute atomic E-state index is 12.9. The Morgan fingerprint density at radius 1 is 1.16 bits per heavy atom. The molecule has 1 saturated heterocycles. The summed E-state index contributed by atoms with van der Waals surface area (Å²) in [6, 6.07) is 13.7. The summed E-state index contributed by atoms with van der Waals surface area (Å²) in [5, 5.41) is -0.817. The van der Waals surface area contributed by atoms with Gasteiger partial charge >= 0.3 is 0 Å². The Morgan fingerprint density at radius 3 is 2.44 bits per heavy atom. The van der Waals surface area contributed by atoms with Gasteiger partial charge in [-0.1, -0.05) is 23.7 Å². The Hall–Kier alpha value is -2.31. The highest BCUT2D eigenvalue weighted by Gasteiger charge is 2.45.